The van der Waals surface area contributed by atoms with Gasteiger partial charge in [0.1, 0.15) is 10.5 Å². The third kappa shape index (κ3) is 7.78. The number of amides is 1. The van der Waals surface area contributed by atoms with E-state index in [0.717, 1.165) is 18.4 Å². The number of benzene rings is 1. The fourth-order valence-corrected chi connectivity index (χ4v) is 5.10. The molecule has 0 aliphatic carbocycles. The normalized spacial score (nSPS) is 15.8. The highest BCUT2D eigenvalue weighted by molar-refractivity contribution is 9.10. The maximum Gasteiger partial charge on any atom is 0.239 e. The molecular formula is C23H28BrN3O3S2. The number of pyridine rings is 1. The zero-order valence-electron chi connectivity index (χ0n) is 17.8. The molecule has 32 heavy (non-hydrogen) atoms. The van der Waals surface area contributed by atoms with Crippen molar-refractivity contribution in [1.82, 2.24) is 10.3 Å². The highest BCUT2D eigenvalue weighted by atomic mass is 79.9. The summed E-state index contributed by atoms with van der Waals surface area (Å²) in [4.78, 5) is 17.7. The van der Waals surface area contributed by atoms with Gasteiger partial charge >= 0.3 is 0 Å². The highest BCUT2D eigenvalue weighted by Gasteiger charge is 2.33. The molecule has 1 heterocycles. The summed E-state index contributed by atoms with van der Waals surface area (Å²) in [5.74, 6) is -1.19. The molecule has 0 spiro atoms. The van der Waals surface area contributed by atoms with Crippen molar-refractivity contribution in [2.45, 2.75) is 43.3 Å². The van der Waals surface area contributed by atoms with E-state index in [9.17, 15) is 20.3 Å². The van der Waals surface area contributed by atoms with E-state index in [1.54, 1.807) is 18.2 Å². The molecule has 1 aromatic carbocycles. The van der Waals surface area contributed by atoms with Crippen LogP contribution in [-0.2, 0) is 4.79 Å². The summed E-state index contributed by atoms with van der Waals surface area (Å²) >= 11 is 8.58. The molecule has 5 atom stereocenters. The predicted molar refractivity (Wildman–Crippen MR) is 134 cm³/mol. The monoisotopic (exact) mass is 537 g/mol. The number of hydrogen-bond acceptors (Lipinski definition) is 7. The highest BCUT2D eigenvalue weighted by Crippen LogP contribution is 2.37. The Morgan fingerprint density at radius 3 is 2.53 bits per heavy atom. The smallest absolute Gasteiger partial charge is 0.239 e. The van der Waals surface area contributed by atoms with E-state index in [4.69, 9.17) is 0 Å². The first-order valence-electron chi connectivity index (χ1n) is 10.4. The number of aromatic nitrogens is 1. The van der Waals surface area contributed by atoms with Gasteiger partial charge in [-0.1, -0.05) is 49.7 Å². The van der Waals surface area contributed by atoms with Crippen LogP contribution in [0.2, 0.25) is 0 Å². The van der Waals surface area contributed by atoms with Gasteiger partial charge in [-0.3, -0.25) is 4.79 Å². The molecule has 0 saturated heterocycles. The van der Waals surface area contributed by atoms with Crippen molar-refractivity contribution in [3.63, 3.8) is 0 Å². The lowest BCUT2D eigenvalue weighted by Crippen LogP contribution is -2.36. The minimum atomic E-state index is -1.04. The maximum absolute atomic E-state index is 13.3. The summed E-state index contributed by atoms with van der Waals surface area (Å²) < 4.78 is 0.585. The van der Waals surface area contributed by atoms with E-state index < -0.39 is 29.3 Å². The molecule has 0 aliphatic heterocycles. The van der Waals surface area contributed by atoms with Gasteiger partial charge in [0.15, 0.2) is 0 Å². The van der Waals surface area contributed by atoms with E-state index in [-0.39, 0.29) is 17.5 Å². The Hall–Kier alpha value is -1.57. The lowest BCUT2D eigenvalue weighted by molar-refractivity contribution is -0.124. The number of thiol groups is 1. The first-order valence-corrected chi connectivity index (χ1v) is 12.8. The van der Waals surface area contributed by atoms with Crippen LogP contribution in [0.15, 0.2) is 53.1 Å². The minimum absolute atomic E-state index is 0.111. The minimum Gasteiger partial charge on any atom is -0.390 e. The molecule has 1 aromatic heterocycles. The van der Waals surface area contributed by atoms with Crippen LogP contribution >= 0.6 is 40.3 Å². The van der Waals surface area contributed by atoms with Crippen molar-refractivity contribution in [2.75, 3.05) is 11.5 Å². The number of aliphatic hydroxyl groups excluding tert-OH is 2. The number of nitriles is 1. The topological polar surface area (TPSA) is 106 Å². The first-order chi connectivity index (χ1) is 15.4. The van der Waals surface area contributed by atoms with Gasteiger partial charge in [0.2, 0.25) is 5.91 Å². The molecule has 6 nitrogen and oxygen atoms in total. The maximum atomic E-state index is 13.3. The van der Waals surface area contributed by atoms with E-state index in [0.29, 0.717) is 10.3 Å². The first kappa shape index (κ1) is 26.7. The molecule has 2 unspecified atom stereocenters. The van der Waals surface area contributed by atoms with Crippen LogP contribution < -0.4 is 5.32 Å². The molecule has 3 N–H and O–H groups in total. The number of hydrogen-bond donors (Lipinski definition) is 4. The molecule has 0 bridgehead atoms. The SMILES string of the molecule is CCC[C@H](NC(=O)C(C#N)C(SC[C@H](O)[C@@H](O)CS)c1cccc(Br)n1)c1ccccc1. The van der Waals surface area contributed by atoms with Gasteiger partial charge < -0.3 is 15.5 Å². The van der Waals surface area contributed by atoms with Gasteiger partial charge in [-0.25, -0.2) is 4.98 Å². The fraction of sp³-hybridized carbons (Fsp3) is 0.435. The van der Waals surface area contributed by atoms with Gasteiger partial charge in [-0.05, 0) is 40.0 Å². The quantitative estimate of drug-likeness (QED) is 0.240. The van der Waals surface area contributed by atoms with Crippen LogP contribution in [0.25, 0.3) is 0 Å². The lowest BCUT2D eigenvalue weighted by atomic mass is 9.98. The summed E-state index contributed by atoms with van der Waals surface area (Å²) in [5, 5.41) is 32.4. The average Bonchev–Trinajstić information content (AvgIpc) is 2.81. The Bertz CT molecular complexity index is 898. The van der Waals surface area contributed by atoms with E-state index >= 15 is 0 Å². The van der Waals surface area contributed by atoms with Crippen molar-refractivity contribution >= 4 is 46.2 Å². The molecule has 0 radical (unpaired) electrons. The number of aliphatic hydroxyl groups is 2. The Labute approximate surface area is 207 Å². The standard InChI is InChI=1S/C23H28BrN3O3S2/c1-2-7-17(15-8-4-3-5-9-15)27-23(30)16(12-25)22(18-10-6-11-21(24)26-18)32-14-20(29)19(28)13-31/h3-6,8-11,16-17,19-20,22,28-29,31H,2,7,13-14H2,1H3,(H,27,30)/t16?,17-,19-,20-,22?/m0/s1. The van der Waals surface area contributed by atoms with Crippen molar-refractivity contribution in [1.29, 1.82) is 5.26 Å². The molecule has 2 rings (SSSR count). The van der Waals surface area contributed by atoms with Crippen LogP contribution in [0.1, 0.15) is 42.3 Å². The third-order valence-electron chi connectivity index (χ3n) is 4.93. The second-order valence-corrected chi connectivity index (χ2v) is 9.68. The summed E-state index contributed by atoms with van der Waals surface area (Å²) in [7, 11) is 0. The zero-order chi connectivity index (χ0) is 23.5. The molecule has 0 aliphatic rings. The van der Waals surface area contributed by atoms with Gasteiger partial charge in [0.05, 0.1) is 35.3 Å². The second kappa shape index (κ2) is 13.9. The number of carbonyl (C=O) groups is 1. The number of thioether (sulfide) groups is 1. The second-order valence-electron chi connectivity index (χ2n) is 7.32. The molecule has 2 aromatic rings. The Kier molecular flexibility index (Phi) is 11.6. The fourth-order valence-electron chi connectivity index (χ4n) is 3.19. The Morgan fingerprint density at radius 1 is 1.22 bits per heavy atom. The summed E-state index contributed by atoms with van der Waals surface area (Å²) in [6.07, 6.45) is -0.417. The van der Waals surface area contributed by atoms with E-state index in [2.05, 4.69) is 44.9 Å². The zero-order valence-corrected chi connectivity index (χ0v) is 21.1. The van der Waals surface area contributed by atoms with E-state index in [1.807, 2.05) is 37.3 Å². The molecule has 1 amide bonds. The van der Waals surface area contributed by atoms with Crippen molar-refractivity contribution < 1.29 is 15.0 Å². The van der Waals surface area contributed by atoms with Crippen molar-refractivity contribution in [3.8, 4) is 6.07 Å². The molecule has 172 valence electrons. The number of nitrogens with one attached hydrogen (secondary N) is 1. The summed E-state index contributed by atoms with van der Waals surface area (Å²) in [6.45, 7) is 2.04. The largest absolute Gasteiger partial charge is 0.390 e. The van der Waals surface area contributed by atoms with E-state index in [1.165, 1.54) is 11.8 Å². The molecular weight excluding hydrogens is 510 g/mol. The third-order valence-corrected chi connectivity index (χ3v) is 7.15. The number of carbonyl (C=O) groups excluding carboxylic acids is 1. The van der Waals surface area contributed by atoms with Gasteiger partial charge in [-0.2, -0.15) is 17.9 Å². The van der Waals surface area contributed by atoms with Crippen LogP contribution in [0.5, 0.6) is 0 Å². The molecule has 0 saturated carbocycles. The van der Waals surface area contributed by atoms with Gasteiger partial charge in [0, 0.05) is 11.5 Å². The van der Waals surface area contributed by atoms with Crippen molar-refractivity contribution in [3.05, 3.63) is 64.4 Å². The molecule has 9 heteroatoms. The van der Waals surface area contributed by atoms with Crippen LogP contribution in [0.4, 0.5) is 0 Å². The van der Waals surface area contributed by atoms with Gasteiger partial charge in [0.25, 0.3) is 0 Å². The number of halogens is 1. The number of rotatable bonds is 12. The van der Waals surface area contributed by atoms with Crippen LogP contribution in [-0.4, -0.2) is 44.8 Å². The lowest BCUT2D eigenvalue weighted by Gasteiger charge is -2.26. The summed E-state index contributed by atoms with van der Waals surface area (Å²) in [5.41, 5.74) is 1.53. The van der Waals surface area contributed by atoms with Gasteiger partial charge in [-0.15, -0.1) is 11.8 Å². The Balaban J connectivity index is 2.28. The predicted octanol–water partition coefficient (Wildman–Crippen LogP) is 4.07. The summed E-state index contributed by atoms with van der Waals surface area (Å²) in [6, 6.07) is 16.9. The van der Waals surface area contributed by atoms with Crippen molar-refractivity contribution in [2.24, 2.45) is 5.92 Å². The van der Waals surface area contributed by atoms with Crippen LogP contribution in [0.3, 0.4) is 0 Å². The molecule has 0 fully saturated rings. The number of nitrogens with zero attached hydrogens (tertiary/aromatic N) is 2. The Morgan fingerprint density at radius 2 is 1.94 bits per heavy atom. The average molecular weight is 539 g/mol. The van der Waals surface area contributed by atoms with Crippen LogP contribution in [0, 0.1) is 17.2 Å².